The highest BCUT2D eigenvalue weighted by Crippen LogP contribution is 2.18. The number of benzene rings is 1. The summed E-state index contributed by atoms with van der Waals surface area (Å²) in [7, 11) is 1.79. The summed E-state index contributed by atoms with van der Waals surface area (Å²) in [6.45, 7) is 4.78. The molecule has 0 bridgehead atoms. The van der Waals surface area contributed by atoms with Crippen molar-refractivity contribution in [3.8, 4) is 5.75 Å². The van der Waals surface area contributed by atoms with Gasteiger partial charge >= 0.3 is 0 Å². The first-order valence-corrected chi connectivity index (χ1v) is 10.4. The molecule has 0 aliphatic carbocycles. The number of aryl methyl sites for hydroxylation is 1. The first-order chi connectivity index (χ1) is 13.7. The Balaban J connectivity index is 1.38. The van der Waals surface area contributed by atoms with E-state index in [1.165, 1.54) is 11.3 Å². The van der Waals surface area contributed by atoms with E-state index in [-0.39, 0.29) is 12.0 Å². The van der Waals surface area contributed by atoms with Gasteiger partial charge < -0.3 is 20.3 Å². The van der Waals surface area contributed by atoms with E-state index in [4.69, 9.17) is 4.74 Å². The largest absolute Gasteiger partial charge is 0.490 e. The van der Waals surface area contributed by atoms with E-state index < -0.39 is 0 Å². The van der Waals surface area contributed by atoms with Gasteiger partial charge in [0.25, 0.3) is 5.91 Å². The third-order valence-corrected chi connectivity index (χ3v) is 5.57. The quantitative estimate of drug-likeness (QED) is 0.441. The van der Waals surface area contributed by atoms with Crippen LogP contribution in [0.15, 0.2) is 40.8 Å². The van der Waals surface area contributed by atoms with Crippen molar-refractivity contribution in [1.82, 2.24) is 20.5 Å². The Kier molecular flexibility index (Phi) is 7.25. The number of hydrogen-bond donors (Lipinski definition) is 2. The van der Waals surface area contributed by atoms with Crippen LogP contribution in [0.3, 0.4) is 0 Å². The second-order valence-electron chi connectivity index (χ2n) is 6.61. The lowest BCUT2D eigenvalue weighted by Crippen LogP contribution is -2.48. The van der Waals surface area contributed by atoms with Crippen LogP contribution in [-0.4, -0.2) is 61.1 Å². The summed E-state index contributed by atoms with van der Waals surface area (Å²) >= 11 is 1.36. The molecule has 0 atom stereocenters. The van der Waals surface area contributed by atoms with Crippen molar-refractivity contribution in [3.63, 3.8) is 0 Å². The monoisotopic (exact) mass is 401 g/mol. The summed E-state index contributed by atoms with van der Waals surface area (Å²) in [4.78, 5) is 23.5. The maximum absolute atomic E-state index is 12.1. The van der Waals surface area contributed by atoms with E-state index in [0.29, 0.717) is 18.0 Å². The lowest BCUT2D eigenvalue weighted by atomic mass is 10.1. The highest BCUT2D eigenvalue weighted by molar-refractivity contribution is 7.11. The molecule has 1 amide bonds. The number of para-hydroxylation sites is 1. The van der Waals surface area contributed by atoms with Gasteiger partial charge in [0.1, 0.15) is 16.7 Å². The smallest absolute Gasteiger partial charge is 0.263 e. The minimum Gasteiger partial charge on any atom is -0.490 e. The molecule has 2 aromatic rings. The summed E-state index contributed by atoms with van der Waals surface area (Å²) in [6, 6.07) is 9.96. The Morgan fingerprint density at radius 2 is 1.96 bits per heavy atom. The van der Waals surface area contributed by atoms with Crippen LogP contribution in [0.25, 0.3) is 0 Å². The zero-order chi connectivity index (χ0) is 19.8. The number of ether oxygens (including phenoxy) is 1. The normalized spacial score (nSPS) is 15.4. The molecule has 0 spiro atoms. The number of carbonyl (C=O) groups is 1. The zero-order valence-corrected chi connectivity index (χ0v) is 17.2. The number of nitrogens with one attached hydrogen (secondary N) is 2. The summed E-state index contributed by atoms with van der Waals surface area (Å²) < 4.78 is 6.05. The van der Waals surface area contributed by atoms with E-state index in [9.17, 15) is 4.79 Å². The maximum Gasteiger partial charge on any atom is 0.263 e. The van der Waals surface area contributed by atoms with Gasteiger partial charge in [-0.3, -0.25) is 9.79 Å². The van der Waals surface area contributed by atoms with E-state index in [1.54, 1.807) is 12.6 Å². The molecular weight excluding hydrogens is 374 g/mol. The molecule has 0 saturated carbocycles. The molecule has 150 valence electrons. The van der Waals surface area contributed by atoms with Gasteiger partial charge in [0.2, 0.25) is 0 Å². The number of guanidine groups is 1. The number of carbonyl (C=O) groups excluding carboxylic acids is 1. The molecule has 1 fully saturated rings. The fraction of sp³-hybridized carbons (Fsp3) is 0.450. The first kappa shape index (κ1) is 20.1. The van der Waals surface area contributed by atoms with Crippen molar-refractivity contribution < 1.29 is 9.53 Å². The van der Waals surface area contributed by atoms with Gasteiger partial charge in [-0.15, -0.1) is 11.3 Å². The van der Waals surface area contributed by atoms with Crippen LogP contribution in [0, 0.1) is 6.92 Å². The number of hydrogen-bond acceptors (Lipinski definition) is 5. The van der Waals surface area contributed by atoms with Gasteiger partial charge in [-0.05, 0) is 19.1 Å². The first-order valence-electron chi connectivity index (χ1n) is 9.53. The molecule has 2 N–H and O–H groups in total. The fourth-order valence-corrected chi connectivity index (χ4v) is 3.88. The van der Waals surface area contributed by atoms with Crippen molar-refractivity contribution >= 4 is 23.2 Å². The van der Waals surface area contributed by atoms with Gasteiger partial charge in [0.15, 0.2) is 5.96 Å². The van der Waals surface area contributed by atoms with Crippen molar-refractivity contribution in [2.75, 3.05) is 33.2 Å². The van der Waals surface area contributed by atoms with Crippen LogP contribution >= 0.6 is 11.3 Å². The molecule has 1 aliphatic rings. The third-order valence-electron chi connectivity index (χ3n) is 4.64. The van der Waals surface area contributed by atoms with Crippen molar-refractivity contribution in [2.45, 2.75) is 25.9 Å². The summed E-state index contributed by atoms with van der Waals surface area (Å²) in [5.74, 6) is 1.72. The summed E-state index contributed by atoms with van der Waals surface area (Å²) in [6.07, 6.45) is 2.15. The number of likely N-dealkylation sites (tertiary alicyclic amines) is 1. The number of thiazole rings is 1. The molecule has 1 aliphatic heterocycles. The van der Waals surface area contributed by atoms with E-state index in [1.807, 2.05) is 37.3 Å². The highest BCUT2D eigenvalue weighted by atomic mass is 32.1. The lowest BCUT2D eigenvalue weighted by Gasteiger charge is -2.34. The molecule has 1 aromatic heterocycles. The Hall–Kier alpha value is -2.61. The lowest BCUT2D eigenvalue weighted by molar-refractivity contribution is 0.0957. The number of amides is 1. The molecule has 0 unspecified atom stereocenters. The molecule has 7 nitrogen and oxygen atoms in total. The van der Waals surface area contributed by atoms with Gasteiger partial charge in [0, 0.05) is 46.1 Å². The molecule has 2 heterocycles. The number of aliphatic imine (C=N–C) groups is 1. The van der Waals surface area contributed by atoms with Crippen LogP contribution < -0.4 is 15.4 Å². The Bertz CT molecular complexity index is 785. The van der Waals surface area contributed by atoms with Crippen molar-refractivity contribution in [2.24, 2.45) is 4.99 Å². The third kappa shape index (κ3) is 5.45. The predicted octanol–water partition coefficient (Wildman–Crippen LogP) is 2.30. The molecule has 1 aromatic carbocycles. The Morgan fingerprint density at radius 3 is 2.61 bits per heavy atom. The van der Waals surface area contributed by atoms with E-state index in [2.05, 4.69) is 25.5 Å². The van der Waals surface area contributed by atoms with Crippen LogP contribution in [0.5, 0.6) is 5.75 Å². The van der Waals surface area contributed by atoms with Gasteiger partial charge in [-0.2, -0.15) is 0 Å². The van der Waals surface area contributed by atoms with Crippen LogP contribution in [0.2, 0.25) is 0 Å². The summed E-state index contributed by atoms with van der Waals surface area (Å²) in [5.41, 5.74) is 2.46. The average molecular weight is 402 g/mol. The topological polar surface area (TPSA) is 78.8 Å². The van der Waals surface area contributed by atoms with Gasteiger partial charge in [-0.25, -0.2) is 4.98 Å². The number of piperidine rings is 1. The molecular formula is C20H27N5O2S. The predicted molar refractivity (Wildman–Crippen MR) is 112 cm³/mol. The molecule has 8 heteroatoms. The maximum atomic E-state index is 12.1. The fourth-order valence-electron chi connectivity index (χ4n) is 3.16. The van der Waals surface area contributed by atoms with Crippen LogP contribution in [0.1, 0.15) is 28.2 Å². The number of rotatable bonds is 6. The second-order valence-corrected chi connectivity index (χ2v) is 7.47. The minimum absolute atomic E-state index is 0.0735. The molecule has 28 heavy (non-hydrogen) atoms. The standard InChI is InChI=1S/C20H27N5O2S/c1-15-18(28-14-24-15)19(26)22-10-11-23-20(21-2)25-12-8-17(9-13-25)27-16-6-4-3-5-7-16/h3-7,14,17H,8-13H2,1-2H3,(H,21,23)(H,22,26). The van der Waals surface area contributed by atoms with Crippen molar-refractivity contribution in [3.05, 3.63) is 46.4 Å². The van der Waals surface area contributed by atoms with Crippen LogP contribution in [0.4, 0.5) is 0 Å². The minimum atomic E-state index is -0.0735. The average Bonchev–Trinajstić information content (AvgIpc) is 3.15. The molecule has 3 rings (SSSR count). The van der Waals surface area contributed by atoms with Crippen LogP contribution in [-0.2, 0) is 0 Å². The zero-order valence-electron chi connectivity index (χ0n) is 16.4. The Labute approximate surface area is 169 Å². The van der Waals surface area contributed by atoms with E-state index in [0.717, 1.165) is 43.3 Å². The van der Waals surface area contributed by atoms with Gasteiger partial charge in [0.05, 0.1) is 11.2 Å². The summed E-state index contributed by atoms with van der Waals surface area (Å²) in [5, 5.41) is 6.25. The van der Waals surface area contributed by atoms with Crippen molar-refractivity contribution in [1.29, 1.82) is 0 Å². The second kappa shape index (κ2) is 10.1. The highest BCUT2D eigenvalue weighted by Gasteiger charge is 2.22. The molecule has 1 saturated heterocycles. The number of nitrogens with zero attached hydrogens (tertiary/aromatic N) is 3. The molecule has 0 radical (unpaired) electrons. The SMILES string of the molecule is CN=C(NCCNC(=O)c1scnc1C)N1CCC(Oc2ccccc2)CC1. The van der Waals surface area contributed by atoms with E-state index >= 15 is 0 Å². The number of aromatic nitrogens is 1. The Morgan fingerprint density at radius 1 is 1.25 bits per heavy atom. The van der Waals surface area contributed by atoms with Gasteiger partial charge in [-0.1, -0.05) is 18.2 Å².